The Morgan fingerprint density at radius 1 is 0.547 bits per heavy atom. The highest BCUT2D eigenvalue weighted by atomic mass is 16.6. The van der Waals surface area contributed by atoms with Gasteiger partial charge in [-0.3, -0.25) is 20.2 Å². The van der Waals surface area contributed by atoms with Gasteiger partial charge in [0.25, 0.3) is 11.4 Å². The van der Waals surface area contributed by atoms with Gasteiger partial charge in [0.1, 0.15) is 12.3 Å². The molecule has 0 fully saturated rings. The molecule has 0 radical (unpaired) electrons. The highest BCUT2D eigenvalue weighted by Gasteiger charge is 2.29. The fourth-order valence-electron chi connectivity index (χ4n) is 6.27. The predicted octanol–water partition coefficient (Wildman–Crippen LogP) is 4.96. The van der Waals surface area contributed by atoms with Crippen molar-refractivity contribution in [3.63, 3.8) is 0 Å². The molecule has 3 aromatic carbocycles. The van der Waals surface area contributed by atoms with E-state index in [4.69, 9.17) is 52.1 Å². The van der Waals surface area contributed by atoms with E-state index in [1.807, 2.05) is 24.3 Å². The number of non-ortho nitro benzene ring substituents is 1. The number of nitrogens with one attached hydrogen (secondary N) is 1. The summed E-state index contributed by atoms with van der Waals surface area (Å²) in [6.45, 7) is 9.30. The number of nitrogens with zero attached hydrogens (tertiary/aromatic N) is 3. The van der Waals surface area contributed by atoms with E-state index in [-0.39, 0.29) is 48.8 Å². The zero-order valence-corrected chi connectivity index (χ0v) is 36.6. The van der Waals surface area contributed by atoms with Gasteiger partial charge in [0.15, 0.2) is 0 Å². The van der Waals surface area contributed by atoms with Crippen LogP contribution in [0.4, 0.5) is 21.9 Å². The summed E-state index contributed by atoms with van der Waals surface area (Å²) in [4.78, 5) is 34.8. The van der Waals surface area contributed by atoms with Crippen molar-refractivity contribution in [2.45, 2.75) is 5.92 Å². The number of hydrogen-bond donors (Lipinski definition) is 1. The minimum absolute atomic E-state index is 0.0253. The van der Waals surface area contributed by atoms with Crippen LogP contribution in [-0.2, 0) is 52.1 Å². The van der Waals surface area contributed by atoms with Crippen LogP contribution in [0.25, 0.3) is 11.1 Å². The Labute approximate surface area is 373 Å². The Bertz CT molecular complexity index is 1740. The fourth-order valence-corrected chi connectivity index (χ4v) is 6.27. The number of nitro benzene ring substituents is 2. The first-order chi connectivity index (χ1) is 31.4. The van der Waals surface area contributed by atoms with Gasteiger partial charge in [0.05, 0.1) is 148 Å². The Hall–Kier alpha value is -4.87. The van der Waals surface area contributed by atoms with Gasteiger partial charge in [-0.15, -0.1) is 0 Å². The van der Waals surface area contributed by atoms with Crippen LogP contribution in [0.3, 0.4) is 0 Å². The van der Waals surface area contributed by atoms with Crippen LogP contribution in [0, 0.1) is 20.2 Å². The third kappa shape index (κ3) is 19.9. The number of fused-ring (bicyclic) bond motifs is 3. The molecule has 0 atom stereocenters. The number of hydrogen-bond acceptors (Lipinski definition) is 17. The maximum Gasteiger partial charge on any atom is 0.409 e. The Morgan fingerprint density at radius 2 is 0.938 bits per heavy atom. The quantitative estimate of drug-likeness (QED) is 0.0456. The van der Waals surface area contributed by atoms with Gasteiger partial charge < -0.3 is 62.3 Å². The summed E-state index contributed by atoms with van der Waals surface area (Å²) in [6, 6.07) is 19.9. The van der Waals surface area contributed by atoms with E-state index >= 15 is 0 Å². The third-order valence-electron chi connectivity index (χ3n) is 9.52. The van der Waals surface area contributed by atoms with Gasteiger partial charge in [-0.25, -0.2) is 4.79 Å². The maximum atomic E-state index is 12.6. The molecule has 0 heterocycles. The molecule has 354 valence electrons. The Morgan fingerprint density at radius 3 is 1.34 bits per heavy atom. The largest absolute Gasteiger partial charge is 0.448 e. The van der Waals surface area contributed by atoms with Gasteiger partial charge in [-0.1, -0.05) is 48.5 Å². The second kappa shape index (κ2) is 31.9. The van der Waals surface area contributed by atoms with Gasteiger partial charge in [-0.2, -0.15) is 0 Å². The standard InChI is InChI=1S/C44H62N4O16/c1-46(44(49)64-35-41-39-8-4-2-6-37(39)38-7-3-5-9-40(38)41)13-15-55-17-19-57-21-23-59-25-27-61-29-31-63-33-32-62-30-28-60-26-24-58-22-20-56-18-16-54-14-12-45-42-11-10-36(47(50)51)34-43(42)48(52)53/h2-11,34,41,45H,12-33,35H2,1H3. The summed E-state index contributed by atoms with van der Waals surface area (Å²) in [5.74, 6) is 0.0253. The zero-order valence-electron chi connectivity index (χ0n) is 36.6. The predicted molar refractivity (Wildman–Crippen MR) is 234 cm³/mol. The minimum Gasteiger partial charge on any atom is -0.448 e. The first-order valence-corrected chi connectivity index (χ1v) is 21.4. The normalized spacial score (nSPS) is 12.0. The molecule has 0 unspecified atom stereocenters. The molecule has 64 heavy (non-hydrogen) atoms. The molecule has 3 aromatic rings. The lowest BCUT2D eigenvalue weighted by molar-refractivity contribution is -0.393. The Balaban J connectivity index is 0.799. The average Bonchev–Trinajstić information content (AvgIpc) is 3.62. The molecule has 0 bridgehead atoms. The molecular formula is C44H62N4O16. The highest BCUT2D eigenvalue weighted by Crippen LogP contribution is 2.44. The average molecular weight is 903 g/mol. The molecule has 1 amide bonds. The van der Waals surface area contributed by atoms with Crippen LogP contribution in [0.15, 0.2) is 66.7 Å². The molecule has 0 aromatic heterocycles. The number of benzene rings is 3. The van der Waals surface area contributed by atoms with Crippen LogP contribution < -0.4 is 5.32 Å². The SMILES string of the molecule is CN(CCOCCOCCOCCOCCOCCOCCOCCOCCOCCOCCNc1ccc([N+](=O)[O-])cc1[N+](=O)[O-])C(=O)OCC1c2ccccc2-c2ccccc21. The minimum atomic E-state index is -0.683. The lowest BCUT2D eigenvalue weighted by Gasteiger charge is -2.19. The van der Waals surface area contributed by atoms with E-state index in [1.54, 1.807) is 7.05 Å². The highest BCUT2D eigenvalue weighted by molar-refractivity contribution is 5.79. The van der Waals surface area contributed by atoms with Crippen molar-refractivity contribution in [3.05, 3.63) is 98.1 Å². The van der Waals surface area contributed by atoms with Crippen molar-refractivity contribution in [3.8, 4) is 11.1 Å². The smallest absolute Gasteiger partial charge is 0.409 e. The summed E-state index contributed by atoms with van der Waals surface area (Å²) in [5, 5.41) is 24.9. The van der Waals surface area contributed by atoms with Crippen molar-refractivity contribution in [2.24, 2.45) is 0 Å². The van der Waals surface area contributed by atoms with Crippen molar-refractivity contribution < 1.29 is 66.7 Å². The molecule has 1 aliphatic carbocycles. The third-order valence-corrected chi connectivity index (χ3v) is 9.52. The van der Waals surface area contributed by atoms with E-state index in [2.05, 4.69) is 29.6 Å². The lowest BCUT2D eigenvalue weighted by Crippen LogP contribution is -2.32. The van der Waals surface area contributed by atoms with Crippen molar-refractivity contribution in [1.29, 1.82) is 0 Å². The van der Waals surface area contributed by atoms with E-state index in [0.717, 1.165) is 6.07 Å². The van der Waals surface area contributed by atoms with Gasteiger partial charge >= 0.3 is 6.09 Å². The van der Waals surface area contributed by atoms with E-state index in [9.17, 15) is 25.0 Å². The molecular weight excluding hydrogens is 840 g/mol. The van der Waals surface area contributed by atoms with E-state index < -0.39 is 9.85 Å². The van der Waals surface area contributed by atoms with Crippen LogP contribution >= 0.6 is 0 Å². The summed E-state index contributed by atoms with van der Waals surface area (Å²) in [5.41, 5.74) is 4.21. The number of rotatable bonds is 38. The van der Waals surface area contributed by atoms with E-state index in [1.165, 1.54) is 39.3 Å². The second-order valence-electron chi connectivity index (χ2n) is 14.0. The molecule has 0 saturated heterocycles. The number of carbonyl (C=O) groups is 1. The zero-order chi connectivity index (χ0) is 45.5. The summed E-state index contributed by atoms with van der Waals surface area (Å²) < 4.78 is 60.7. The Kier molecular flexibility index (Phi) is 25.8. The van der Waals surface area contributed by atoms with Crippen LogP contribution in [0.2, 0.25) is 0 Å². The maximum absolute atomic E-state index is 12.6. The topological polar surface area (TPSA) is 220 Å². The number of nitro groups is 2. The summed E-state index contributed by atoms with van der Waals surface area (Å²) in [6.07, 6.45) is -0.377. The van der Waals surface area contributed by atoms with Gasteiger partial charge in [-0.05, 0) is 28.3 Å². The van der Waals surface area contributed by atoms with Crippen LogP contribution in [-0.4, -0.2) is 180 Å². The summed E-state index contributed by atoms with van der Waals surface area (Å²) in [7, 11) is 1.70. The van der Waals surface area contributed by atoms with Crippen molar-refractivity contribution in [2.75, 3.05) is 164 Å². The monoisotopic (exact) mass is 902 g/mol. The number of anilines is 1. The molecule has 20 nitrogen and oxygen atoms in total. The molecule has 0 spiro atoms. The van der Waals surface area contributed by atoms with Crippen LogP contribution in [0.5, 0.6) is 0 Å². The fraction of sp³-hybridized carbons (Fsp3) is 0.568. The van der Waals surface area contributed by atoms with Crippen molar-refractivity contribution in [1.82, 2.24) is 4.90 Å². The first kappa shape index (κ1) is 51.8. The molecule has 1 aliphatic rings. The van der Waals surface area contributed by atoms with Gasteiger partial charge in [0, 0.05) is 32.1 Å². The molecule has 4 rings (SSSR count). The van der Waals surface area contributed by atoms with E-state index in [0.29, 0.717) is 132 Å². The molecule has 1 N–H and O–H groups in total. The first-order valence-electron chi connectivity index (χ1n) is 21.4. The number of likely N-dealkylation sites (N-methyl/N-ethyl adjacent to an activating group) is 1. The molecule has 20 heteroatoms. The lowest BCUT2D eigenvalue weighted by atomic mass is 9.98. The molecule has 0 aliphatic heterocycles. The summed E-state index contributed by atoms with van der Waals surface area (Å²) >= 11 is 0. The van der Waals surface area contributed by atoms with Crippen LogP contribution in [0.1, 0.15) is 17.0 Å². The number of ether oxygens (including phenoxy) is 11. The number of carbonyl (C=O) groups excluding carboxylic acids is 1. The second-order valence-corrected chi connectivity index (χ2v) is 14.0. The van der Waals surface area contributed by atoms with Crippen molar-refractivity contribution >= 4 is 23.2 Å². The number of amides is 1. The molecule has 0 saturated carbocycles. The van der Waals surface area contributed by atoms with Gasteiger partial charge in [0.2, 0.25) is 0 Å².